The number of nitrogens with zero attached hydrogens (tertiary/aromatic N) is 1. The first-order valence-corrected chi connectivity index (χ1v) is 14.9. The molecular formula is C32H30ClFN2O5S. The number of thiophene rings is 1. The van der Waals surface area contributed by atoms with E-state index in [4.69, 9.17) is 26.8 Å². The van der Waals surface area contributed by atoms with Crippen LogP contribution in [-0.2, 0) is 23.9 Å². The second-order valence-corrected chi connectivity index (χ2v) is 11.4. The molecular weight excluding hydrogens is 579 g/mol. The molecule has 10 heteroatoms. The van der Waals surface area contributed by atoms with Crippen LogP contribution in [0.15, 0.2) is 82.6 Å². The van der Waals surface area contributed by atoms with Gasteiger partial charge in [-0.2, -0.15) is 0 Å². The number of hydrogen-bond acceptors (Lipinski definition) is 8. The molecule has 0 saturated heterocycles. The van der Waals surface area contributed by atoms with Crippen LogP contribution in [0.3, 0.4) is 0 Å². The maximum Gasteiger partial charge on any atom is 0.338 e. The first-order valence-electron chi connectivity index (χ1n) is 13.6. The van der Waals surface area contributed by atoms with Crippen LogP contribution in [0.2, 0.25) is 5.02 Å². The van der Waals surface area contributed by atoms with Crippen molar-refractivity contribution in [2.45, 2.75) is 39.0 Å². The van der Waals surface area contributed by atoms with Gasteiger partial charge in [0.1, 0.15) is 17.6 Å². The minimum Gasteiger partial charge on any atom is -0.465 e. The maximum atomic E-state index is 15.6. The smallest absolute Gasteiger partial charge is 0.338 e. The summed E-state index contributed by atoms with van der Waals surface area (Å²) in [4.78, 5) is 44.2. The van der Waals surface area contributed by atoms with Gasteiger partial charge in [-0.05, 0) is 62.4 Å². The van der Waals surface area contributed by atoms with Gasteiger partial charge in [-0.3, -0.25) is 14.5 Å². The SMILES string of the molecule is CCOC(=O)C1=C(N)N(c2cccc(Cl)c2C)C2=C(C(=O)C(C(=O)OCC)C(c3cccs3)C2)C1c1ccccc1F. The van der Waals surface area contributed by atoms with Gasteiger partial charge in [0.2, 0.25) is 0 Å². The lowest BCUT2D eigenvalue weighted by Gasteiger charge is -2.44. The molecule has 42 heavy (non-hydrogen) atoms. The second-order valence-electron chi connectivity index (χ2n) is 9.97. The first kappa shape index (κ1) is 29.5. The zero-order valence-corrected chi connectivity index (χ0v) is 24.9. The fraction of sp³-hybridized carbons (Fsp3) is 0.281. The van der Waals surface area contributed by atoms with Crippen LogP contribution in [0.5, 0.6) is 0 Å². The molecule has 2 N–H and O–H groups in total. The van der Waals surface area contributed by atoms with Crippen LogP contribution in [0.4, 0.5) is 10.1 Å². The van der Waals surface area contributed by atoms with Gasteiger partial charge >= 0.3 is 11.9 Å². The number of nitrogens with two attached hydrogens (primary N) is 1. The molecule has 1 aliphatic heterocycles. The molecule has 7 nitrogen and oxygen atoms in total. The highest BCUT2D eigenvalue weighted by Crippen LogP contribution is 2.53. The summed E-state index contributed by atoms with van der Waals surface area (Å²) in [7, 11) is 0. The fourth-order valence-electron chi connectivity index (χ4n) is 5.84. The van der Waals surface area contributed by atoms with Crippen molar-refractivity contribution in [3.63, 3.8) is 0 Å². The molecule has 0 fully saturated rings. The molecule has 0 bridgehead atoms. The zero-order chi connectivity index (χ0) is 30.1. The van der Waals surface area contributed by atoms with Gasteiger partial charge in [-0.25, -0.2) is 9.18 Å². The average Bonchev–Trinajstić information content (AvgIpc) is 3.50. The van der Waals surface area contributed by atoms with Crippen molar-refractivity contribution in [3.8, 4) is 0 Å². The lowest BCUT2D eigenvalue weighted by molar-refractivity contribution is -0.152. The van der Waals surface area contributed by atoms with E-state index in [1.165, 1.54) is 29.5 Å². The Morgan fingerprint density at radius 1 is 1.07 bits per heavy atom. The van der Waals surface area contributed by atoms with Gasteiger partial charge < -0.3 is 15.2 Å². The van der Waals surface area contributed by atoms with Crippen molar-refractivity contribution < 1.29 is 28.2 Å². The molecule has 3 aromatic rings. The third-order valence-electron chi connectivity index (χ3n) is 7.68. The Morgan fingerprint density at radius 3 is 2.48 bits per heavy atom. The summed E-state index contributed by atoms with van der Waals surface area (Å²) in [6.07, 6.45) is 0.193. The average molecular weight is 609 g/mol. The molecule has 2 aromatic carbocycles. The number of benzene rings is 2. The topological polar surface area (TPSA) is 98.9 Å². The highest BCUT2D eigenvalue weighted by Gasteiger charge is 2.52. The highest BCUT2D eigenvalue weighted by molar-refractivity contribution is 7.10. The number of carbonyl (C=O) groups is 3. The van der Waals surface area contributed by atoms with Crippen molar-refractivity contribution >= 4 is 46.3 Å². The normalized spacial score (nSPS) is 20.5. The molecule has 3 atom stereocenters. The first-order chi connectivity index (χ1) is 20.2. The van der Waals surface area contributed by atoms with E-state index >= 15 is 4.39 Å². The Balaban J connectivity index is 1.86. The van der Waals surface area contributed by atoms with Gasteiger partial charge in [-0.1, -0.05) is 41.9 Å². The van der Waals surface area contributed by atoms with Crippen molar-refractivity contribution in [3.05, 3.63) is 109 Å². The van der Waals surface area contributed by atoms with Crippen molar-refractivity contribution in [2.75, 3.05) is 18.1 Å². The predicted octanol–water partition coefficient (Wildman–Crippen LogP) is 6.38. The van der Waals surface area contributed by atoms with E-state index in [2.05, 4.69) is 0 Å². The number of allylic oxidation sites excluding steroid dienone is 2. The highest BCUT2D eigenvalue weighted by atomic mass is 35.5. The minimum absolute atomic E-state index is 0.00173. The molecule has 1 aromatic heterocycles. The number of esters is 2. The lowest BCUT2D eigenvalue weighted by Crippen LogP contribution is -2.46. The zero-order valence-electron chi connectivity index (χ0n) is 23.4. The largest absolute Gasteiger partial charge is 0.465 e. The maximum absolute atomic E-state index is 15.6. The van der Waals surface area contributed by atoms with E-state index < -0.39 is 41.3 Å². The molecule has 0 radical (unpaired) electrons. The number of hydrogen-bond donors (Lipinski definition) is 1. The van der Waals surface area contributed by atoms with Gasteiger partial charge in [0, 0.05) is 32.7 Å². The van der Waals surface area contributed by atoms with Crippen LogP contribution in [0.25, 0.3) is 0 Å². The summed E-state index contributed by atoms with van der Waals surface area (Å²) in [5.41, 5.74) is 8.60. The number of carbonyl (C=O) groups excluding carboxylic acids is 3. The summed E-state index contributed by atoms with van der Waals surface area (Å²) in [5.74, 6) is -5.65. The number of Topliss-reactive ketones (excluding diaryl/α,β-unsaturated/α-hetero) is 1. The van der Waals surface area contributed by atoms with Crippen LogP contribution in [0, 0.1) is 18.7 Å². The van der Waals surface area contributed by atoms with Crippen molar-refractivity contribution in [1.29, 1.82) is 0 Å². The Hall–Kier alpha value is -3.95. The molecule has 3 unspecified atom stereocenters. The van der Waals surface area contributed by atoms with Crippen LogP contribution in [0.1, 0.15) is 48.1 Å². The quantitative estimate of drug-likeness (QED) is 0.246. The Bertz CT molecular complexity index is 1620. The summed E-state index contributed by atoms with van der Waals surface area (Å²) in [5, 5.41) is 2.33. The van der Waals surface area contributed by atoms with E-state index in [0.717, 1.165) is 4.88 Å². The molecule has 0 spiro atoms. The van der Waals surface area contributed by atoms with E-state index in [1.54, 1.807) is 49.9 Å². The molecule has 0 amide bonds. The third-order valence-corrected chi connectivity index (χ3v) is 9.09. The van der Waals surface area contributed by atoms with E-state index in [1.807, 2.05) is 17.5 Å². The van der Waals surface area contributed by atoms with Crippen LogP contribution < -0.4 is 10.6 Å². The standard InChI is InChI=1S/C32H30ClFN2O5S/c1-4-40-31(38)26-19(24-14-9-15-42-24)16-23-27(29(26)37)25(18-10-6-7-12-21(18)34)28(32(39)41-5-2)30(35)36(23)22-13-8-11-20(33)17(22)3/h6-15,19,25-26H,4-5,16,35H2,1-3H3. The number of anilines is 1. The van der Waals surface area contributed by atoms with Crippen LogP contribution >= 0.6 is 22.9 Å². The second kappa shape index (κ2) is 12.1. The summed E-state index contributed by atoms with van der Waals surface area (Å²) < 4.78 is 26.4. The Kier molecular flexibility index (Phi) is 8.52. The summed E-state index contributed by atoms with van der Waals surface area (Å²) in [6.45, 7) is 5.23. The van der Waals surface area contributed by atoms with Gasteiger partial charge in [0.25, 0.3) is 0 Å². The fourth-order valence-corrected chi connectivity index (χ4v) is 6.88. The molecule has 5 rings (SSSR count). The number of ether oxygens (including phenoxy) is 2. The minimum atomic E-state index is -1.22. The number of rotatable bonds is 7. The monoisotopic (exact) mass is 608 g/mol. The van der Waals surface area contributed by atoms with Crippen molar-refractivity contribution in [1.82, 2.24) is 0 Å². The molecule has 218 valence electrons. The number of halogens is 2. The van der Waals surface area contributed by atoms with Gasteiger partial charge in [-0.15, -0.1) is 11.3 Å². The predicted molar refractivity (Wildman–Crippen MR) is 159 cm³/mol. The van der Waals surface area contributed by atoms with Gasteiger partial charge in [0.15, 0.2) is 5.78 Å². The molecule has 1 aliphatic carbocycles. The van der Waals surface area contributed by atoms with Crippen molar-refractivity contribution in [2.24, 2.45) is 11.7 Å². The van der Waals surface area contributed by atoms with E-state index in [-0.39, 0.29) is 42.2 Å². The Morgan fingerprint density at radius 2 is 1.81 bits per heavy atom. The van der Waals surface area contributed by atoms with Gasteiger partial charge in [0.05, 0.1) is 30.4 Å². The molecule has 2 heterocycles. The third kappa shape index (κ3) is 5.01. The number of ketones is 1. The van der Waals surface area contributed by atoms with E-state index in [9.17, 15) is 14.4 Å². The summed E-state index contributed by atoms with van der Waals surface area (Å²) in [6, 6.07) is 14.9. The summed E-state index contributed by atoms with van der Waals surface area (Å²) >= 11 is 7.95. The molecule has 0 saturated carbocycles. The Labute approximate surface area is 252 Å². The lowest BCUT2D eigenvalue weighted by atomic mass is 9.68. The molecule has 2 aliphatic rings. The van der Waals surface area contributed by atoms with Crippen LogP contribution in [-0.4, -0.2) is 30.9 Å². The van der Waals surface area contributed by atoms with E-state index in [0.29, 0.717) is 22.0 Å².